The van der Waals surface area contributed by atoms with Crippen molar-refractivity contribution in [2.24, 2.45) is 5.41 Å². The maximum absolute atomic E-state index is 12.3. The number of hydrogen-bond acceptors (Lipinski definition) is 4. The predicted octanol–water partition coefficient (Wildman–Crippen LogP) is 2.44. The number of anilines is 1. The number of aliphatic carboxylic acids is 1. The van der Waals surface area contributed by atoms with Crippen molar-refractivity contribution in [2.75, 3.05) is 31.6 Å². The zero-order valence-electron chi connectivity index (χ0n) is 12.6. The van der Waals surface area contributed by atoms with Gasteiger partial charge in [-0.2, -0.15) is 0 Å². The van der Waals surface area contributed by atoms with E-state index in [4.69, 9.17) is 21.1 Å². The Hall–Kier alpha value is -2.15. The topological polar surface area (TPSA) is 88.1 Å². The van der Waals surface area contributed by atoms with Crippen LogP contribution in [-0.2, 0) is 4.79 Å². The van der Waals surface area contributed by atoms with Crippen LogP contribution in [0.4, 0.5) is 10.5 Å². The van der Waals surface area contributed by atoms with Crippen molar-refractivity contribution < 1.29 is 24.2 Å². The summed E-state index contributed by atoms with van der Waals surface area (Å²) in [4.78, 5) is 25.1. The van der Waals surface area contributed by atoms with Crippen LogP contribution in [0.3, 0.4) is 0 Å². The zero-order valence-corrected chi connectivity index (χ0v) is 13.4. The highest BCUT2D eigenvalue weighted by molar-refractivity contribution is 6.34. The van der Waals surface area contributed by atoms with Crippen LogP contribution in [0.25, 0.3) is 0 Å². The first-order chi connectivity index (χ1) is 10.9. The monoisotopic (exact) mass is 340 g/mol. The van der Waals surface area contributed by atoms with Crippen LogP contribution >= 0.6 is 11.6 Å². The Bertz CT molecular complexity index is 666. The van der Waals surface area contributed by atoms with E-state index in [0.717, 1.165) is 0 Å². The van der Waals surface area contributed by atoms with Gasteiger partial charge in [0.25, 0.3) is 0 Å². The molecule has 2 aliphatic rings. The highest BCUT2D eigenvalue weighted by atomic mass is 35.5. The summed E-state index contributed by atoms with van der Waals surface area (Å²) >= 11 is 6.16. The number of halogens is 1. The molecular weight excluding hydrogens is 324 g/mol. The van der Waals surface area contributed by atoms with Crippen molar-refractivity contribution in [3.63, 3.8) is 0 Å². The van der Waals surface area contributed by atoms with E-state index in [0.29, 0.717) is 48.4 Å². The van der Waals surface area contributed by atoms with E-state index >= 15 is 0 Å². The summed E-state index contributed by atoms with van der Waals surface area (Å²) in [6, 6.07) is 2.83. The molecule has 2 N–H and O–H groups in total. The number of rotatable bonds is 2. The number of carboxylic acid groups (broad SMARTS) is 1. The van der Waals surface area contributed by atoms with Gasteiger partial charge in [-0.3, -0.25) is 4.79 Å². The minimum Gasteiger partial charge on any atom is -0.486 e. The van der Waals surface area contributed by atoms with Gasteiger partial charge >= 0.3 is 12.0 Å². The molecule has 8 heteroatoms. The van der Waals surface area contributed by atoms with Gasteiger partial charge in [-0.1, -0.05) is 11.6 Å². The van der Waals surface area contributed by atoms with Gasteiger partial charge in [0.05, 0.1) is 16.1 Å². The molecule has 23 heavy (non-hydrogen) atoms. The van der Waals surface area contributed by atoms with E-state index in [2.05, 4.69) is 5.32 Å². The molecule has 7 nitrogen and oxygen atoms in total. The van der Waals surface area contributed by atoms with Crippen molar-refractivity contribution >= 4 is 29.3 Å². The molecule has 1 aromatic rings. The van der Waals surface area contributed by atoms with Gasteiger partial charge in [0.15, 0.2) is 11.5 Å². The van der Waals surface area contributed by atoms with Gasteiger partial charge in [0.1, 0.15) is 13.2 Å². The van der Waals surface area contributed by atoms with E-state index in [1.54, 1.807) is 19.1 Å². The van der Waals surface area contributed by atoms with Gasteiger partial charge in [-0.25, -0.2) is 4.79 Å². The van der Waals surface area contributed by atoms with Crippen LogP contribution in [-0.4, -0.2) is 48.3 Å². The highest BCUT2D eigenvalue weighted by Crippen LogP contribution is 2.38. The molecule has 124 valence electrons. The third kappa shape index (κ3) is 3.01. The van der Waals surface area contributed by atoms with Crippen LogP contribution in [0.15, 0.2) is 12.1 Å². The van der Waals surface area contributed by atoms with Crippen molar-refractivity contribution in [1.82, 2.24) is 4.90 Å². The van der Waals surface area contributed by atoms with E-state index in [-0.39, 0.29) is 12.6 Å². The molecule has 0 radical (unpaired) electrons. The summed E-state index contributed by atoms with van der Waals surface area (Å²) < 4.78 is 10.9. The lowest BCUT2D eigenvalue weighted by molar-refractivity contribution is -0.146. The lowest BCUT2D eigenvalue weighted by Gasteiger charge is -2.22. The number of urea groups is 1. The lowest BCUT2D eigenvalue weighted by atomic mass is 9.90. The molecule has 3 rings (SSSR count). The Balaban J connectivity index is 1.72. The number of carbonyl (C=O) groups excluding carboxylic acids is 1. The van der Waals surface area contributed by atoms with E-state index in [1.807, 2.05) is 0 Å². The van der Waals surface area contributed by atoms with Crippen molar-refractivity contribution in [1.29, 1.82) is 0 Å². The fourth-order valence-electron chi connectivity index (χ4n) is 2.66. The minimum atomic E-state index is -0.909. The van der Waals surface area contributed by atoms with Crippen LogP contribution in [0.2, 0.25) is 5.02 Å². The van der Waals surface area contributed by atoms with Crippen LogP contribution in [0, 0.1) is 5.41 Å². The number of nitrogens with zero attached hydrogens (tertiary/aromatic N) is 1. The second-order valence-corrected chi connectivity index (χ2v) is 6.35. The summed E-state index contributed by atoms with van der Waals surface area (Å²) in [7, 11) is 0. The average Bonchev–Trinajstić information content (AvgIpc) is 2.92. The maximum atomic E-state index is 12.3. The maximum Gasteiger partial charge on any atom is 0.321 e. The van der Waals surface area contributed by atoms with Crippen molar-refractivity contribution in [3.05, 3.63) is 17.2 Å². The first-order valence-corrected chi connectivity index (χ1v) is 7.65. The number of likely N-dealkylation sites (tertiary alicyclic amines) is 1. The van der Waals surface area contributed by atoms with E-state index < -0.39 is 11.4 Å². The quantitative estimate of drug-likeness (QED) is 0.863. The average molecular weight is 341 g/mol. The van der Waals surface area contributed by atoms with Gasteiger partial charge in [-0.15, -0.1) is 0 Å². The molecule has 2 amide bonds. The Labute approximate surface area is 138 Å². The molecular formula is C15H17ClN2O5. The molecule has 0 aliphatic carbocycles. The van der Waals surface area contributed by atoms with Crippen LogP contribution < -0.4 is 14.8 Å². The largest absolute Gasteiger partial charge is 0.486 e. The molecule has 1 atom stereocenters. The molecule has 2 aliphatic heterocycles. The summed E-state index contributed by atoms with van der Waals surface area (Å²) in [5.41, 5.74) is -0.502. The SMILES string of the molecule is CC1(C(=O)O)CCN(C(=O)Nc2cc3c(cc2Cl)OCCO3)C1. The second-order valence-electron chi connectivity index (χ2n) is 5.94. The number of fused-ring (bicyclic) bond motifs is 1. The third-order valence-corrected chi connectivity index (χ3v) is 4.46. The fraction of sp³-hybridized carbons (Fsp3) is 0.467. The molecule has 1 saturated heterocycles. The summed E-state index contributed by atoms with van der Waals surface area (Å²) in [6.07, 6.45) is 0.421. The highest BCUT2D eigenvalue weighted by Gasteiger charge is 2.42. The molecule has 0 spiro atoms. The van der Waals surface area contributed by atoms with E-state index in [9.17, 15) is 14.7 Å². The normalized spacial score (nSPS) is 22.8. The Morgan fingerprint density at radius 1 is 1.30 bits per heavy atom. The number of nitrogens with one attached hydrogen (secondary N) is 1. The van der Waals surface area contributed by atoms with Crippen LogP contribution in [0.1, 0.15) is 13.3 Å². The molecule has 1 unspecified atom stereocenters. The summed E-state index contributed by atoms with van der Waals surface area (Å²) in [5.74, 6) is 0.164. The predicted molar refractivity (Wildman–Crippen MR) is 83.4 cm³/mol. The third-order valence-electron chi connectivity index (χ3n) is 4.15. The Morgan fingerprint density at radius 2 is 1.96 bits per heavy atom. The van der Waals surface area contributed by atoms with Gasteiger partial charge < -0.3 is 24.8 Å². The van der Waals surface area contributed by atoms with Crippen molar-refractivity contribution in [2.45, 2.75) is 13.3 Å². The standard InChI is InChI=1S/C15H17ClN2O5/c1-15(13(19)20)2-3-18(8-15)14(21)17-10-7-12-11(6-9(10)16)22-4-5-23-12/h6-7H,2-5,8H2,1H3,(H,17,21)(H,19,20). The second kappa shape index (κ2) is 5.81. The molecule has 0 saturated carbocycles. The van der Waals surface area contributed by atoms with Gasteiger partial charge in [0, 0.05) is 25.2 Å². The van der Waals surface area contributed by atoms with Crippen LogP contribution in [0.5, 0.6) is 11.5 Å². The summed E-state index contributed by atoms with van der Waals surface area (Å²) in [5, 5.41) is 12.3. The lowest BCUT2D eigenvalue weighted by Crippen LogP contribution is -2.37. The number of ether oxygens (including phenoxy) is 2. The van der Waals surface area contributed by atoms with Gasteiger partial charge in [0.2, 0.25) is 0 Å². The summed E-state index contributed by atoms with van der Waals surface area (Å²) in [6.45, 7) is 3.08. The molecule has 2 heterocycles. The molecule has 1 aromatic carbocycles. The number of carboxylic acids is 1. The minimum absolute atomic E-state index is 0.163. The fourth-order valence-corrected chi connectivity index (χ4v) is 2.86. The van der Waals surface area contributed by atoms with E-state index in [1.165, 1.54) is 4.90 Å². The first kappa shape index (κ1) is 15.7. The smallest absolute Gasteiger partial charge is 0.321 e. The molecule has 1 fully saturated rings. The number of carbonyl (C=O) groups is 2. The Kier molecular flexibility index (Phi) is 3.97. The first-order valence-electron chi connectivity index (χ1n) is 7.27. The van der Waals surface area contributed by atoms with Crippen molar-refractivity contribution in [3.8, 4) is 11.5 Å². The zero-order chi connectivity index (χ0) is 16.6. The molecule has 0 aromatic heterocycles. The number of amides is 2. The molecule has 0 bridgehead atoms. The number of benzene rings is 1. The van der Waals surface area contributed by atoms with Gasteiger partial charge in [-0.05, 0) is 13.3 Å². The Morgan fingerprint density at radius 3 is 2.57 bits per heavy atom. The number of hydrogen-bond donors (Lipinski definition) is 2.